The molecule has 0 N–H and O–H groups in total. The lowest BCUT2D eigenvalue weighted by atomic mass is 9.98. The second kappa shape index (κ2) is 2.28. The molecule has 1 heterocycles. The van der Waals surface area contributed by atoms with Crippen molar-refractivity contribution in [3.8, 4) is 0 Å². The second-order valence-electron chi connectivity index (χ2n) is 3.46. The normalized spacial score (nSPS) is 19.8. The molecule has 0 bridgehead atoms. The second-order valence-corrected chi connectivity index (χ2v) is 5.05. The molecule has 1 aromatic rings. The van der Waals surface area contributed by atoms with E-state index in [4.69, 9.17) is 0 Å². The molecule has 0 nitrogen and oxygen atoms in total. The van der Waals surface area contributed by atoms with Crippen molar-refractivity contribution in [2.24, 2.45) is 0 Å². The van der Waals surface area contributed by atoms with Crippen molar-refractivity contribution in [2.75, 3.05) is 0 Å². The zero-order chi connectivity index (χ0) is 7.90. The van der Waals surface area contributed by atoms with Gasteiger partial charge in [-0.3, -0.25) is 0 Å². The third kappa shape index (κ3) is 1.08. The van der Waals surface area contributed by atoms with Crippen LogP contribution in [0, 0.1) is 0 Å². The average molecular weight is 164 g/mol. The lowest BCUT2D eigenvalue weighted by Gasteiger charge is -2.17. The molecule has 0 aliphatic carbocycles. The van der Waals surface area contributed by atoms with Gasteiger partial charge in [0.1, 0.15) is 0 Å². The van der Waals surface area contributed by atoms with Crippen molar-refractivity contribution < 1.29 is 0 Å². The van der Waals surface area contributed by atoms with E-state index in [-0.39, 0.29) is 0 Å². The molecular formula is C10H12S. The van der Waals surface area contributed by atoms with Crippen molar-refractivity contribution >= 4 is 11.8 Å². The van der Waals surface area contributed by atoms with E-state index < -0.39 is 0 Å². The molecule has 58 valence electrons. The largest absolute Gasteiger partial charge is 0.146 e. The van der Waals surface area contributed by atoms with Crippen LogP contribution in [-0.2, 0) is 10.5 Å². The lowest BCUT2D eigenvalue weighted by Crippen LogP contribution is -2.06. The minimum Gasteiger partial charge on any atom is -0.146 e. The Balaban J connectivity index is 2.56. The summed E-state index contributed by atoms with van der Waals surface area (Å²) in [6.07, 6.45) is 0. The molecule has 11 heavy (non-hydrogen) atoms. The Labute approximate surface area is 72.0 Å². The molecule has 0 aromatic heterocycles. The fraction of sp³-hybridized carbons (Fsp3) is 0.400. The van der Waals surface area contributed by atoms with Gasteiger partial charge in [-0.25, -0.2) is 0 Å². The molecule has 1 heteroatoms. The summed E-state index contributed by atoms with van der Waals surface area (Å²) in [5.74, 6) is 1.18. The molecule has 0 amide bonds. The van der Waals surface area contributed by atoms with Crippen LogP contribution in [0.25, 0.3) is 0 Å². The smallest absolute Gasteiger partial charge is 0.0358 e. The highest BCUT2D eigenvalue weighted by Crippen LogP contribution is 2.45. The molecule has 0 saturated heterocycles. The van der Waals surface area contributed by atoms with Gasteiger partial charge in [0.15, 0.2) is 0 Å². The maximum Gasteiger partial charge on any atom is 0.0358 e. The Kier molecular flexibility index (Phi) is 1.50. The standard InChI is InChI=1S/C10H12S/c1-10(2)9-6-4-3-5-8(9)7-11-10/h3-6H,7H2,1-2H3. The van der Waals surface area contributed by atoms with Gasteiger partial charge in [0, 0.05) is 10.5 Å². The van der Waals surface area contributed by atoms with Crippen molar-refractivity contribution in [1.82, 2.24) is 0 Å². The van der Waals surface area contributed by atoms with Crippen molar-refractivity contribution in [3.05, 3.63) is 35.4 Å². The van der Waals surface area contributed by atoms with Gasteiger partial charge < -0.3 is 0 Å². The molecule has 0 saturated carbocycles. The predicted octanol–water partition coefficient (Wildman–Crippen LogP) is 3.17. The van der Waals surface area contributed by atoms with Crippen LogP contribution in [0.3, 0.4) is 0 Å². The van der Waals surface area contributed by atoms with Crippen LogP contribution in [0.1, 0.15) is 25.0 Å². The molecule has 2 rings (SSSR count). The predicted molar refractivity (Wildman–Crippen MR) is 50.8 cm³/mol. The first-order valence-electron chi connectivity index (χ1n) is 3.92. The van der Waals surface area contributed by atoms with Gasteiger partial charge in [0.2, 0.25) is 0 Å². The van der Waals surface area contributed by atoms with Crippen LogP contribution in [0.15, 0.2) is 24.3 Å². The Bertz CT molecular complexity index is 276. The van der Waals surface area contributed by atoms with Crippen molar-refractivity contribution in [3.63, 3.8) is 0 Å². The number of thioether (sulfide) groups is 1. The van der Waals surface area contributed by atoms with Gasteiger partial charge in [0.05, 0.1) is 0 Å². The van der Waals surface area contributed by atoms with E-state index in [9.17, 15) is 0 Å². The SMILES string of the molecule is CC1(C)SCc2ccccc21. The highest BCUT2D eigenvalue weighted by molar-refractivity contribution is 7.99. The third-order valence-corrected chi connectivity index (χ3v) is 3.65. The number of fused-ring (bicyclic) bond motifs is 1. The molecule has 0 radical (unpaired) electrons. The summed E-state index contributed by atoms with van der Waals surface area (Å²) in [5, 5.41) is 0. The van der Waals surface area contributed by atoms with E-state index >= 15 is 0 Å². The molecule has 1 aromatic carbocycles. The minimum atomic E-state index is 0.344. The summed E-state index contributed by atoms with van der Waals surface area (Å²) in [4.78, 5) is 0. The molecule has 0 atom stereocenters. The van der Waals surface area contributed by atoms with Gasteiger partial charge in [-0.1, -0.05) is 24.3 Å². The topological polar surface area (TPSA) is 0 Å². The first-order valence-corrected chi connectivity index (χ1v) is 4.91. The molecule has 0 spiro atoms. The van der Waals surface area contributed by atoms with Crippen LogP contribution in [0.4, 0.5) is 0 Å². The first-order chi connectivity index (χ1) is 5.20. The summed E-state index contributed by atoms with van der Waals surface area (Å²) >= 11 is 2.03. The van der Waals surface area contributed by atoms with E-state index in [1.165, 1.54) is 16.9 Å². The molecule has 1 aliphatic rings. The first kappa shape index (κ1) is 7.23. The zero-order valence-corrected chi connectivity index (χ0v) is 7.74. The summed E-state index contributed by atoms with van der Waals surface area (Å²) in [5.41, 5.74) is 3.03. The quantitative estimate of drug-likeness (QED) is 0.567. The number of hydrogen-bond acceptors (Lipinski definition) is 1. The number of benzene rings is 1. The Morgan fingerprint density at radius 2 is 2.00 bits per heavy atom. The molecule has 0 unspecified atom stereocenters. The van der Waals surface area contributed by atoms with E-state index in [2.05, 4.69) is 38.1 Å². The molecule has 1 aliphatic heterocycles. The minimum absolute atomic E-state index is 0.344. The zero-order valence-electron chi connectivity index (χ0n) is 6.92. The van der Waals surface area contributed by atoms with E-state index in [0.717, 1.165) is 0 Å². The fourth-order valence-electron chi connectivity index (χ4n) is 1.57. The van der Waals surface area contributed by atoms with Crippen LogP contribution in [0.2, 0.25) is 0 Å². The summed E-state index contributed by atoms with van der Waals surface area (Å²) < 4.78 is 0.344. The number of hydrogen-bond donors (Lipinski definition) is 0. The molecule has 0 fully saturated rings. The van der Waals surface area contributed by atoms with E-state index in [1.807, 2.05) is 11.8 Å². The average Bonchev–Trinajstić information content (AvgIpc) is 2.29. The number of rotatable bonds is 0. The van der Waals surface area contributed by atoms with Crippen LogP contribution >= 0.6 is 11.8 Å². The highest BCUT2D eigenvalue weighted by Gasteiger charge is 2.29. The van der Waals surface area contributed by atoms with Gasteiger partial charge in [-0.05, 0) is 25.0 Å². The maximum absolute atomic E-state index is 2.30. The Hall–Kier alpha value is -0.430. The summed E-state index contributed by atoms with van der Waals surface area (Å²) in [6.45, 7) is 4.59. The van der Waals surface area contributed by atoms with Crippen LogP contribution < -0.4 is 0 Å². The Morgan fingerprint density at radius 3 is 2.73 bits per heavy atom. The van der Waals surface area contributed by atoms with Gasteiger partial charge in [0.25, 0.3) is 0 Å². The maximum atomic E-state index is 2.30. The fourth-order valence-corrected chi connectivity index (χ4v) is 2.69. The van der Waals surface area contributed by atoms with Gasteiger partial charge in [-0.2, -0.15) is 0 Å². The Morgan fingerprint density at radius 1 is 1.27 bits per heavy atom. The summed E-state index contributed by atoms with van der Waals surface area (Å²) in [7, 11) is 0. The van der Waals surface area contributed by atoms with E-state index in [0.29, 0.717) is 4.75 Å². The van der Waals surface area contributed by atoms with Crippen molar-refractivity contribution in [1.29, 1.82) is 0 Å². The third-order valence-electron chi connectivity index (χ3n) is 2.25. The van der Waals surface area contributed by atoms with Crippen LogP contribution in [-0.4, -0.2) is 0 Å². The molecular weight excluding hydrogens is 152 g/mol. The lowest BCUT2D eigenvalue weighted by molar-refractivity contribution is 0.793. The highest BCUT2D eigenvalue weighted by atomic mass is 32.2. The summed E-state index contributed by atoms with van der Waals surface area (Å²) in [6, 6.07) is 8.74. The van der Waals surface area contributed by atoms with Crippen LogP contribution in [0.5, 0.6) is 0 Å². The van der Waals surface area contributed by atoms with Crippen molar-refractivity contribution in [2.45, 2.75) is 24.3 Å². The van der Waals surface area contributed by atoms with Gasteiger partial charge >= 0.3 is 0 Å². The van der Waals surface area contributed by atoms with E-state index in [1.54, 1.807) is 0 Å². The monoisotopic (exact) mass is 164 g/mol. The van der Waals surface area contributed by atoms with Gasteiger partial charge in [-0.15, -0.1) is 11.8 Å².